The SMILES string of the molecule is CCN(c1cncc(CNCC(C)C)n1)C1CC1. The smallest absolute Gasteiger partial charge is 0.147 e. The number of anilines is 1. The van der Waals surface area contributed by atoms with Gasteiger partial charge >= 0.3 is 0 Å². The molecule has 4 nitrogen and oxygen atoms in total. The predicted octanol–water partition coefficient (Wildman–Crippen LogP) is 2.21. The van der Waals surface area contributed by atoms with Gasteiger partial charge < -0.3 is 10.2 Å². The number of hydrogen-bond donors (Lipinski definition) is 1. The highest BCUT2D eigenvalue weighted by Gasteiger charge is 2.29. The molecular weight excluding hydrogens is 224 g/mol. The van der Waals surface area contributed by atoms with Crippen molar-refractivity contribution in [2.24, 2.45) is 5.92 Å². The summed E-state index contributed by atoms with van der Waals surface area (Å²) in [4.78, 5) is 11.4. The lowest BCUT2D eigenvalue weighted by Gasteiger charge is -2.21. The van der Waals surface area contributed by atoms with Crippen molar-refractivity contribution in [1.29, 1.82) is 0 Å². The molecule has 1 saturated carbocycles. The average molecular weight is 248 g/mol. The molecule has 1 heterocycles. The Balaban J connectivity index is 1.95. The monoisotopic (exact) mass is 248 g/mol. The lowest BCUT2D eigenvalue weighted by molar-refractivity contribution is 0.547. The van der Waals surface area contributed by atoms with Gasteiger partial charge in [-0.1, -0.05) is 13.8 Å². The second-order valence-corrected chi connectivity index (χ2v) is 5.41. The van der Waals surface area contributed by atoms with E-state index in [4.69, 9.17) is 4.98 Å². The molecule has 1 aliphatic carbocycles. The van der Waals surface area contributed by atoms with Gasteiger partial charge in [-0.3, -0.25) is 4.98 Å². The van der Waals surface area contributed by atoms with Crippen LogP contribution < -0.4 is 10.2 Å². The van der Waals surface area contributed by atoms with E-state index in [1.807, 2.05) is 12.4 Å². The van der Waals surface area contributed by atoms with Crippen LogP contribution in [0.5, 0.6) is 0 Å². The molecule has 0 saturated heterocycles. The molecule has 4 heteroatoms. The number of nitrogens with zero attached hydrogens (tertiary/aromatic N) is 3. The van der Waals surface area contributed by atoms with Crippen molar-refractivity contribution >= 4 is 5.82 Å². The van der Waals surface area contributed by atoms with Crippen molar-refractivity contribution in [3.8, 4) is 0 Å². The van der Waals surface area contributed by atoms with Gasteiger partial charge in [0.2, 0.25) is 0 Å². The van der Waals surface area contributed by atoms with E-state index in [1.165, 1.54) is 12.8 Å². The molecule has 2 rings (SSSR count). The van der Waals surface area contributed by atoms with Crippen LogP contribution in [0, 0.1) is 5.92 Å². The quantitative estimate of drug-likeness (QED) is 0.803. The minimum absolute atomic E-state index is 0.666. The van der Waals surface area contributed by atoms with E-state index >= 15 is 0 Å². The van der Waals surface area contributed by atoms with Gasteiger partial charge in [0.05, 0.1) is 11.9 Å². The van der Waals surface area contributed by atoms with E-state index < -0.39 is 0 Å². The van der Waals surface area contributed by atoms with Gasteiger partial charge in [0, 0.05) is 25.3 Å². The highest BCUT2D eigenvalue weighted by molar-refractivity contribution is 5.39. The summed E-state index contributed by atoms with van der Waals surface area (Å²) in [5.41, 5.74) is 1.03. The molecule has 100 valence electrons. The lowest BCUT2D eigenvalue weighted by Crippen LogP contribution is -2.27. The Morgan fingerprint density at radius 1 is 1.39 bits per heavy atom. The molecule has 1 aromatic rings. The molecule has 1 aliphatic rings. The Bertz CT molecular complexity index is 374. The lowest BCUT2D eigenvalue weighted by atomic mass is 10.2. The summed E-state index contributed by atoms with van der Waals surface area (Å²) in [6.45, 7) is 9.45. The molecule has 0 bridgehead atoms. The number of rotatable bonds is 7. The van der Waals surface area contributed by atoms with Crippen molar-refractivity contribution < 1.29 is 0 Å². The van der Waals surface area contributed by atoms with Gasteiger partial charge in [0.25, 0.3) is 0 Å². The maximum absolute atomic E-state index is 4.70. The Morgan fingerprint density at radius 2 is 2.17 bits per heavy atom. The zero-order valence-corrected chi connectivity index (χ0v) is 11.7. The first-order chi connectivity index (χ1) is 8.70. The fourth-order valence-corrected chi connectivity index (χ4v) is 2.10. The van der Waals surface area contributed by atoms with Gasteiger partial charge in [0.15, 0.2) is 0 Å². The molecule has 1 fully saturated rings. The Hall–Kier alpha value is -1.16. The summed E-state index contributed by atoms with van der Waals surface area (Å²) in [7, 11) is 0. The molecule has 1 N–H and O–H groups in total. The van der Waals surface area contributed by atoms with Crippen LogP contribution in [0.4, 0.5) is 5.82 Å². The fourth-order valence-electron chi connectivity index (χ4n) is 2.10. The van der Waals surface area contributed by atoms with Gasteiger partial charge in [-0.2, -0.15) is 0 Å². The van der Waals surface area contributed by atoms with Crippen LogP contribution in [0.2, 0.25) is 0 Å². The molecule has 0 aliphatic heterocycles. The third-order valence-electron chi connectivity index (χ3n) is 3.15. The first-order valence-corrected chi connectivity index (χ1v) is 6.99. The fraction of sp³-hybridized carbons (Fsp3) is 0.714. The molecule has 18 heavy (non-hydrogen) atoms. The normalized spacial score (nSPS) is 15.1. The Kier molecular flexibility index (Phi) is 4.53. The third-order valence-corrected chi connectivity index (χ3v) is 3.15. The third kappa shape index (κ3) is 3.67. The van der Waals surface area contributed by atoms with Crippen LogP contribution in [-0.4, -0.2) is 29.1 Å². The summed E-state index contributed by atoms with van der Waals surface area (Å²) in [5, 5.41) is 3.41. The van der Waals surface area contributed by atoms with Crippen LogP contribution in [0.15, 0.2) is 12.4 Å². The van der Waals surface area contributed by atoms with Crippen LogP contribution in [0.3, 0.4) is 0 Å². The van der Waals surface area contributed by atoms with E-state index in [1.54, 1.807) is 0 Å². The summed E-state index contributed by atoms with van der Waals surface area (Å²) >= 11 is 0. The molecule has 0 aromatic carbocycles. The van der Waals surface area contributed by atoms with Gasteiger partial charge in [0.1, 0.15) is 5.82 Å². The van der Waals surface area contributed by atoms with Crippen LogP contribution in [-0.2, 0) is 6.54 Å². The van der Waals surface area contributed by atoms with Crippen molar-refractivity contribution in [3.05, 3.63) is 18.1 Å². The van der Waals surface area contributed by atoms with Gasteiger partial charge in [-0.05, 0) is 32.2 Å². The standard InChI is InChI=1S/C14H24N4/c1-4-18(13-5-6-13)14-10-16-9-12(17-14)8-15-7-11(2)3/h9-11,13,15H,4-8H2,1-3H3. The van der Waals surface area contributed by atoms with E-state index in [-0.39, 0.29) is 0 Å². The van der Waals surface area contributed by atoms with Crippen LogP contribution >= 0.6 is 0 Å². The Labute approximate surface area is 110 Å². The van der Waals surface area contributed by atoms with E-state index in [2.05, 4.69) is 36.0 Å². The summed E-state index contributed by atoms with van der Waals surface area (Å²) in [6.07, 6.45) is 6.34. The van der Waals surface area contributed by atoms with Crippen molar-refractivity contribution in [1.82, 2.24) is 15.3 Å². The number of nitrogens with one attached hydrogen (secondary N) is 1. The molecule has 0 unspecified atom stereocenters. The molecule has 1 aromatic heterocycles. The van der Waals surface area contributed by atoms with Gasteiger partial charge in [-0.25, -0.2) is 4.98 Å². The summed E-state index contributed by atoms with van der Waals surface area (Å²) in [6, 6.07) is 0.697. The van der Waals surface area contributed by atoms with E-state index in [0.717, 1.165) is 31.1 Å². The van der Waals surface area contributed by atoms with Crippen molar-refractivity contribution in [2.75, 3.05) is 18.0 Å². The second-order valence-electron chi connectivity index (χ2n) is 5.41. The van der Waals surface area contributed by atoms with E-state index in [0.29, 0.717) is 12.0 Å². The highest BCUT2D eigenvalue weighted by atomic mass is 15.2. The van der Waals surface area contributed by atoms with Crippen LogP contribution in [0.25, 0.3) is 0 Å². The number of hydrogen-bond acceptors (Lipinski definition) is 4. The first kappa shape index (κ1) is 13.3. The van der Waals surface area contributed by atoms with Crippen molar-refractivity contribution in [3.63, 3.8) is 0 Å². The molecule has 0 radical (unpaired) electrons. The molecule has 0 spiro atoms. The zero-order valence-electron chi connectivity index (χ0n) is 11.7. The van der Waals surface area contributed by atoms with E-state index in [9.17, 15) is 0 Å². The topological polar surface area (TPSA) is 41.1 Å². The largest absolute Gasteiger partial charge is 0.353 e. The zero-order chi connectivity index (χ0) is 13.0. The maximum atomic E-state index is 4.70. The Morgan fingerprint density at radius 3 is 2.78 bits per heavy atom. The molecule has 0 atom stereocenters. The summed E-state index contributed by atoms with van der Waals surface area (Å²) in [5.74, 6) is 1.70. The maximum Gasteiger partial charge on any atom is 0.147 e. The number of aromatic nitrogens is 2. The summed E-state index contributed by atoms with van der Waals surface area (Å²) < 4.78 is 0. The first-order valence-electron chi connectivity index (χ1n) is 6.99. The second kappa shape index (κ2) is 6.14. The van der Waals surface area contributed by atoms with Gasteiger partial charge in [-0.15, -0.1) is 0 Å². The molecule has 0 amide bonds. The van der Waals surface area contributed by atoms with Crippen LogP contribution in [0.1, 0.15) is 39.3 Å². The highest BCUT2D eigenvalue weighted by Crippen LogP contribution is 2.29. The van der Waals surface area contributed by atoms with Crippen molar-refractivity contribution in [2.45, 2.75) is 46.2 Å². The predicted molar refractivity (Wildman–Crippen MR) is 74.6 cm³/mol. The average Bonchev–Trinajstić information content (AvgIpc) is 3.15. The minimum atomic E-state index is 0.666. The molecular formula is C14H24N4. The minimum Gasteiger partial charge on any atom is -0.353 e.